The van der Waals surface area contributed by atoms with Gasteiger partial charge in [-0.1, -0.05) is 13.8 Å². The predicted octanol–water partition coefficient (Wildman–Crippen LogP) is 3.99. The van der Waals surface area contributed by atoms with E-state index < -0.39 is 0 Å². The third-order valence-corrected chi connectivity index (χ3v) is 4.57. The zero-order valence-electron chi connectivity index (χ0n) is 16.8. The van der Waals surface area contributed by atoms with Gasteiger partial charge in [-0.25, -0.2) is 0 Å². The Morgan fingerprint density at radius 3 is 1.57 bits per heavy atom. The molecule has 0 atom stereocenters. The van der Waals surface area contributed by atoms with Crippen LogP contribution in [0.3, 0.4) is 0 Å². The fourth-order valence-electron chi connectivity index (χ4n) is 3.11. The van der Waals surface area contributed by atoms with Crippen molar-refractivity contribution >= 4 is 11.4 Å². The van der Waals surface area contributed by atoms with Crippen LogP contribution in [0.25, 0.3) is 0 Å². The number of benzene rings is 2. The SMILES string of the molecule is CCCOc1cc2c(cc1N)OCC2.CCCOc1cc2c(cc1N)OCC2. The Kier molecular flexibility index (Phi) is 6.74. The van der Waals surface area contributed by atoms with Crippen molar-refractivity contribution in [2.75, 3.05) is 37.9 Å². The van der Waals surface area contributed by atoms with Crippen LogP contribution in [0.15, 0.2) is 24.3 Å². The zero-order valence-corrected chi connectivity index (χ0v) is 16.8. The molecule has 0 radical (unpaired) electrons. The van der Waals surface area contributed by atoms with E-state index in [4.69, 9.17) is 30.4 Å². The van der Waals surface area contributed by atoms with E-state index in [0.29, 0.717) is 24.6 Å². The molecule has 0 fully saturated rings. The molecule has 0 amide bonds. The fraction of sp³-hybridized carbons (Fsp3) is 0.455. The van der Waals surface area contributed by atoms with Crippen molar-refractivity contribution in [3.05, 3.63) is 35.4 Å². The summed E-state index contributed by atoms with van der Waals surface area (Å²) >= 11 is 0. The van der Waals surface area contributed by atoms with Crippen LogP contribution in [-0.4, -0.2) is 26.4 Å². The second-order valence-electron chi connectivity index (χ2n) is 6.89. The number of hydrogen-bond acceptors (Lipinski definition) is 6. The smallest absolute Gasteiger partial charge is 0.142 e. The van der Waals surface area contributed by atoms with Gasteiger partial charge in [0.2, 0.25) is 0 Å². The normalized spacial score (nSPS) is 13.5. The van der Waals surface area contributed by atoms with Gasteiger partial charge in [0.05, 0.1) is 37.8 Å². The molecule has 0 spiro atoms. The molecule has 2 aliphatic heterocycles. The molecular weight excluding hydrogens is 356 g/mol. The van der Waals surface area contributed by atoms with Crippen LogP contribution in [0.2, 0.25) is 0 Å². The molecule has 28 heavy (non-hydrogen) atoms. The summed E-state index contributed by atoms with van der Waals surface area (Å²) in [7, 11) is 0. The molecule has 2 aliphatic rings. The summed E-state index contributed by atoms with van der Waals surface area (Å²) in [6.07, 6.45) is 3.90. The van der Waals surface area contributed by atoms with Crippen LogP contribution in [0.1, 0.15) is 37.8 Å². The molecule has 0 bridgehead atoms. The number of nitrogens with two attached hydrogens (primary N) is 2. The lowest BCUT2D eigenvalue weighted by Gasteiger charge is -2.09. The summed E-state index contributed by atoms with van der Waals surface area (Å²) in [5.41, 5.74) is 15.4. The molecule has 2 heterocycles. The van der Waals surface area contributed by atoms with E-state index in [-0.39, 0.29) is 0 Å². The first-order valence-corrected chi connectivity index (χ1v) is 9.98. The number of fused-ring (bicyclic) bond motifs is 2. The molecule has 4 rings (SSSR count). The van der Waals surface area contributed by atoms with Gasteiger partial charge in [0, 0.05) is 36.1 Å². The lowest BCUT2D eigenvalue weighted by Crippen LogP contribution is -1.99. The minimum Gasteiger partial charge on any atom is -0.493 e. The van der Waals surface area contributed by atoms with Crippen molar-refractivity contribution < 1.29 is 18.9 Å². The minimum atomic E-state index is 0.666. The number of rotatable bonds is 6. The number of ether oxygens (including phenoxy) is 4. The lowest BCUT2D eigenvalue weighted by atomic mass is 10.1. The van der Waals surface area contributed by atoms with E-state index in [1.165, 1.54) is 11.1 Å². The molecule has 6 heteroatoms. The maximum atomic E-state index is 5.83. The second kappa shape index (κ2) is 9.44. The average molecular weight is 386 g/mol. The van der Waals surface area contributed by atoms with Crippen molar-refractivity contribution in [1.29, 1.82) is 0 Å². The maximum Gasteiger partial charge on any atom is 0.142 e. The van der Waals surface area contributed by atoms with Gasteiger partial charge >= 0.3 is 0 Å². The zero-order chi connectivity index (χ0) is 19.9. The molecule has 0 unspecified atom stereocenters. The highest BCUT2D eigenvalue weighted by Crippen LogP contribution is 2.35. The molecule has 0 aromatic heterocycles. The molecule has 2 aromatic rings. The summed E-state index contributed by atoms with van der Waals surface area (Å²) in [5.74, 6) is 3.39. The topological polar surface area (TPSA) is 89.0 Å². The largest absolute Gasteiger partial charge is 0.493 e. The first-order chi connectivity index (χ1) is 13.6. The summed E-state index contributed by atoms with van der Waals surface area (Å²) in [6.45, 7) is 7.09. The monoisotopic (exact) mass is 386 g/mol. The first kappa shape index (κ1) is 20.0. The van der Waals surface area contributed by atoms with Crippen molar-refractivity contribution in [2.24, 2.45) is 0 Å². The van der Waals surface area contributed by atoms with Crippen LogP contribution in [0.4, 0.5) is 11.4 Å². The van der Waals surface area contributed by atoms with Gasteiger partial charge in [0.15, 0.2) is 0 Å². The Labute approximate surface area is 166 Å². The van der Waals surface area contributed by atoms with Gasteiger partial charge in [0.1, 0.15) is 23.0 Å². The molecule has 2 aromatic carbocycles. The highest BCUT2D eigenvalue weighted by molar-refractivity contribution is 5.61. The van der Waals surface area contributed by atoms with Crippen LogP contribution in [0, 0.1) is 0 Å². The van der Waals surface area contributed by atoms with Crippen LogP contribution >= 0.6 is 0 Å². The van der Waals surface area contributed by atoms with Gasteiger partial charge in [0.25, 0.3) is 0 Å². The van der Waals surface area contributed by atoms with Gasteiger partial charge < -0.3 is 30.4 Å². The van der Waals surface area contributed by atoms with Gasteiger partial charge in [-0.15, -0.1) is 0 Å². The van der Waals surface area contributed by atoms with Crippen molar-refractivity contribution in [2.45, 2.75) is 39.5 Å². The Bertz CT molecular complexity index is 740. The van der Waals surface area contributed by atoms with E-state index in [2.05, 4.69) is 13.8 Å². The Balaban J connectivity index is 0.000000161. The van der Waals surface area contributed by atoms with E-state index in [1.807, 2.05) is 24.3 Å². The maximum absolute atomic E-state index is 5.83. The van der Waals surface area contributed by atoms with Gasteiger partial charge in [-0.2, -0.15) is 0 Å². The van der Waals surface area contributed by atoms with Gasteiger partial charge in [-0.05, 0) is 25.0 Å². The fourth-order valence-corrected chi connectivity index (χ4v) is 3.11. The summed E-state index contributed by atoms with van der Waals surface area (Å²) in [4.78, 5) is 0. The third-order valence-electron chi connectivity index (χ3n) is 4.57. The van der Waals surface area contributed by atoms with Crippen LogP contribution in [-0.2, 0) is 12.8 Å². The Hall–Kier alpha value is -2.76. The standard InChI is InChI=1S/2C11H15NO2/c2*1-2-4-13-11-6-8-3-5-14-10(8)7-9(11)12/h2*6-7H,2-5,12H2,1H3. The molecule has 6 nitrogen and oxygen atoms in total. The Morgan fingerprint density at radius 2 is 1.18 bits per heavy atom. The number of anilines is 2. The molecule has 152 valence electrons. The van der Waals surface area contributed by atoms with Crippen molar-refractivity contribution in [3.63, 3.8) is 0 Å². The Morgan fingerprint density at radius 1 is 0.750 bits per heavy atom. The quantitative estimate of drug-likeness (QED) is 0.730. The number of nitrogen functional groups attached to an aromatic ring is 2. The van der Waals surface area contributed by atoms with Crippen LogP contribution < -0.4 is 30.4 Å². The second-order valence-corrected chi connectivity index (χ2v) is 6.89. The first-order valence-electron chi connectivity index (χ1n) is 9.98. The van der Waals surface area contributed by atoms with E-state index in [9.17, 15) is 0 Å². The van der Waals surface area contributed by atoms with Crippen molar-refractivity contribution in [3.8, 4) is 23.0 Å². The summed E-state index contributed by atoms with van der Waals surface area (Å²) in [6, 6.07) is 7.70. The highest BCUT2D eigenvalue weighted by Gasteiger charge is 2.16. The average Bonchev–Trinajstić information content (AvgIpc) is 3.33. The molecular formula is C22H30N2O4. The molecule has 0 saturated carbocycles. The van der Waals surface area contributed by atoms with Crippen molar-refractivity contribution in [1.82, 2.24) is 0 Å². The summed E-state index contributed by atoms with van der Waals surface area (Å²) in [5, 5.41) is 0. The van der Waals surface area contributed by atoms with Crippen LogP contribution in [0.5, 0.6) is 23.0 Å². The minimum absolute atomic E-state index is 0.666. The number of hydrogen-bond donors (Lipinski definition) is 2. The van der Waals surface area contributed by atoms with E-state index in [1.54, 1.807) is 0 Å². The van der Waals surface area contributed by atoms with Gasteiger partial charge in [-0.3, -0.25) is 0 Å². The summed E-state index contributed by atoms with van der Waals surface area (Å²) < 4.78 is 21.9. The lowest BCUT2D eigenvalue weighted by molar-refractivity contribution is 0.318. The van der Waals surface area contributed by atoms with E-state index in [0.717, 1.165) is 61.9 Å². The molecule has 0 aliphatic carbocycles. The van der Waals surface area contributed by atoms with E-state index >= 15 is 0 Å². The highest BCUT2D eigenvalue weighted by atomic mass is 16.5. The molecule has 4 N–H and O–H groups in total. The molecule has 0 saturated heterocycles. The predicted molar refractivity (Wildman–Crippen MR) is 112 cm³/mol. The third kappa shape index (κ3) is 4.74.